The molecule has 0 aromatic rings. The second-order valence-corrected chi connectivity index (χ2v) is 19.0. The van der Waals surface area contributed by atoms with Gasteiger partial charge in [0.1, 0.15) is 6.10 Å². The number of ether oxygens (including phenoxy) is 1. The van der Waals surface area contributed by atoms with Crippen molar-refractivity contribution >= 4 is 11.9 Å². The number of hydrogen-bond acceptors (Lipinski definition) is 5. The fraction of sp³-hybridized carbons (Fsp3) is 0.860. The van der Waals surface area contributed by atoms with Crippen molar-refractivity contribution in [2.45, 2.75) is 309 Å². The van der Waals surface area contributed by atoms with Crippen molar-refractivity contribution in [1.82, 2.24) is 5.32 Å². The van der Waals surface area contributed by atoms with E-state index in [-0.39, 0.29) is 24.9 Å². The number of aliphatic hydroxyl groups excluding tert-OH is 2. The maximum absolute atomic E-state index is 13.2. The van der Waals surface area contributed by atoms with Crippen LogP contribution in [0.1, 0.15) is 290 Å². The van der Waals surface area contributed by atoms with Crippen LogP contribution < -0.4 is 5.32 Å². The zero-order valence-corrected chi connectivity index (χ0v) is 42.2. The van der Waals surface area contributed by atoms with E-state index in [2.05, 4.69) is 62.5 Å². The van der Waals surface area contributed by atoms with Crippen molar-refractivity contribution in [2.24, 2.45) is 0 Å². The summed E-state index contributed by atoms with van der Waals surface area (Å²) in [6.07, 6.45) is 60.6. The molecule has 370 valence electrons. The molecule has 3 atom stereocenters. The summed E-state index contributed by atoms with van der Waals surface area (Å²) in [5.74, 6) is -0.480. The molecular weight excluding hydrogens is 779 g/mol. The molecule has 0 fully saturated rings. The third kappa shape index (κ3) is 46.4. The number of nitrogens with one attached hydrogen (secondary N) is 1. The Morgan fingerprint density at radius 2 is 0.810 bits per heavy atom. The molecular formula is C57H107NO5. The second kappa shape index (κ2) is 51.1. The van der Waals surface area contributed by atoms with Crippen LogP contribution in [0.3, 0.4) is 0 Å². The lowest BCUT2D eigenvalue weighted by Crippen LogP contribution is -2.46. The predicted octanol–water partition coefficient (Wildman–Crippen LogP) is 16.8. The molecule has 3 N–H and O–H groups in total. The van der Waals surface area contributed by atoms with E-state index in [1.54, 1.807) is 0 Å². The maximum Gasteiger partial charge on any atom is 0.306 e. The van der Waals surface area contributed by atoms with Gasteiger partial charge in [0.15, 0.2) is 0 Å². The summed E-state index contributed by atoms with van der Waals surface area (Å²) in [6, 6.07) is -0.704. The van der Waals surface area contributed by atoms with Gasteiger partial charge in [0.2, 0.25) is 5.91 Å². The van der Waals surface area contributed by atoms with Crippen LogP contribution in [-0.4, -0.2) is 46.9 Å². The summed E-state index contributed by atoms with van der Waals surface area (Å²) in [5, 5.41) is 23.8. The Morgan fingerprint density at radius 1 is 0.460 bits per heavy atom. The second-order valence-electron chi connectivity index (χ2n) is 19.0. The highest BCUT2D eigenvalue weighted by Gasteiger charge is 2.24. The van der Waals surface area contributed by atoms with Gasteiger partial charge in [-0.2, -0.15) is 0 Å². The van der Waals surface area contributed by atoms with Gasteiger partial charge < -0.3 is 20.3 Å². The van der Waals surface area contributed by atoms with E-state index in [4.69, 9.17) is 4.74 Å². The molecule has 6 nitrogen and oxygen atoms in total. The van der Waals surface area contributed by atoms with E-state index in [9.17, 15) is 19.8 Å². The minimum atomic E-state index is -0.789. The SMILES string of the molecule is CCCCC/C=C\C/C=C\CCCCCCCCCC(=O)OC(CCCCCCC/C=C\CCCCCC)CC(=O)NC(CO)C(O)CCCCCCCCCCCCCCCC. The van der Waals surface area contributed by atoms with E-state index < -0.39 is 18.2 Å². The number of carbonyl (C=O) groups is 2. The van der Waals surface area contributed by atoms with Crippen molar-refractivity contribution in [1.29, 1.82) is 0 Å². The summed E-state index contributed by atoms with van der Waals surface area (Å²) < 4.78 is 5.95. The van der Waals surface area contributed by atoms with Crippen LogP contribution in [0.25, 0.3) is 0 Å². The fourth-order valence-electron chi connectivity index (χ4n) is 8.46. The van der Waals surface area contributed by atoms with Crippen molar-refractivity contribution in [3.05, 3.63) is 36.5 Å². The molecule has 0 aromatic carbocycles. The van der Waals surface area contributed by atoms with Crippen LogP contribution in [0.15, 0.2) is 36.5 Å². The van der Waals surface area contributed by atoms with E-state index in [1.807, 2.05) is 0 Å². The molecule has 0 aliphatic rings. The van der Waals surface area contributed by atoms with E-state index in [0.29, 0.717) is 19.3 Å². The Balaban J connectivity index is 4.54. The third-order valence-corrected chi connectivity index (χ3v) is 12.7. The van der Waals surface area contributed by atoms with Crippen LogP contribution in [0.5, 0.6) is 0 Å². The zero-order chi connectivity index (χ0) is 45.9. The van der Waals surface area contributed by atoms with E-state index in [1.165, 1.54) is 173 Å². The molecule has 0 radical (unpaired) electrons. The summed E-state index contributed by atoms with van der Waals surface area (Å²) in [4.78, 5) is 26.2. The largest absolute Gasteiger partial charge is 0.462 e. The first kappa shape index (κ1) is 61.1. The lowest BCUT2D eigenvalue weighted by Gasteiger charge is -2.24. The van der Waals surface area contributed by atoms with Crippen molar-refractivity contribution in [3.63, 3.8) is 0 Å². The predicted molar refractivity (Wildman–Crippen MR) is 273 cm³/mol. The highest BCUT2D eigenvalue weighted by molar-refractivity contribution is 5.77. The summed E-state index contributed by atoms with van der Waals surface area (Å²) >= 11 is 0. The summed E-state index contributed by atoms with van der Waals surface area (Å²) in [7, 11) is 0. The van der Waals surface area contributed by atoms with E-state index >= 15 is 0 Å². The molecule has 6 heteroatoms. The van der Waals surface area contributed by atoms with Crippen LogP contribution in [0.2, 0.25) is 0 Å². The molecule has 0 spiro atoms. The average molecular weight is 886 g/mol. The number of carbonyl (C=O) groups excluding carboxylic acids is 2. The van der Waals surface area contributed by atoms with Gasteiger partial charge in [0.25, 0.3) is 0 Å². The van der Waals surface area contributed by atoms with E-state index in [0.717, 1.165) is 70.6 Å². The monoisotopic (exact) mass is 886 g/mol. The molecule has 0 bridgehead atoms. The standard InChI is InChI=1S/C57H107NO5/c1-4-7-10-13-16-19-22-25-27-28-29-32-35-38-41-44-47-50-57(62)63-53(48-45-42-39-36-33-30-24-21-18-15-12-9-6-3)51-56(61)58-54(52-59)55(60)49-46-43-40-37-34-31-26-23-20-17-14-11-8-5-2/h16,19,21,24-25,27,53-55,59-60H,4-15,17-18,20,22-23,26,28-52H2,1-3H3,(H,58,61)/b19-16-,24-21-,27-25-. The smallest absolute Gasteiger partial charge is 0.306 e. The van der Waals surface area contributed by atoms with Gasteiger partial charge in [-0.1, -0.05) is 231 Å². The highest BCUT2D eigenvalue weighted by Crippen LogP contribution is 2.18. The molecule has 0 rings (SSSR count). The molecule has 0 heterocycles. The number of allylic oxidation sites excluding steroid dienone is 6. The van der Waals surface area contributed by atoms with Gasteiger partial charge in [-0.05, 0) is 83.5 Å². The Morgan fingerprint density at radius 3 is 1.27 bits per heavy atom. The molecule has 0 aliphatic carbocycles. The quantitative estimate of drug-likeness (QED) is 0.0321. The number of aliphatic hydroxyl groups is 2. The molecule has 63 heavy (non-hydrogen) atoms. The third-order valence-electron chi connectivity index (χ3n) is 12.7. The lowest BCUT2D eigenvalue weighted by molar-refractivity contribution is -0.151. The Hall–Kier alpha value is -1.92. The normalized spacial score (nSPS) is 13.4. The Kier molecular flexibility index (Phi) is 49.5. The molecule has 0 saturated heterocycles. The van der Waals surface area contributed by atoms with Gasteiger partial charge >= 0.3 is 5.97 Å². The average Bonchev–Trinajstić information content (AvgIpc) is 3.28. The lowest BCUT2D eigenvalue weighted by atomic mass is 10.0. The van der Waals surface area contributed by atoms with Crippen molar-refractivity contribution in [2.75, 3.05) is 6.61 Å². The van der Waals surface area contributed by atoms with Gasteiger partial charge in [0, 0.05) is 6.42 Å². The Labute approximate surface area is 392 Å². The minimum absolute atomic E-state index is 0.0712. The number of hydrogen-bond donors (Lipinski definition) is 3. The summed E-state index contributed by atoms with van der Waals surface area (Å²) in [5.41, 5.74) is 0. The highest BCUT2D eigenvalue weighted by atomic mass is 16.5. The first-order chi connectivity index (χ1) is 31.0. The number of rotatable bonds is 50. The topological polar surface area (TPSA) is 95.9 Å². The number of unbranched alkanes of at least 4 members (excludes halogenated alkanes) is 32. The van der Waals surface area contributed by atoms with Crippen LogP contribution in [-0.2, 0) is 14.3 Å². The van der Waals surface area contributed by atoms with Gasteiger partial charge in [-0.25, -0.2) is 0 Å². The molecule has 0 saturated carbocycles. The summed E-state index contributed by atoms with van der Waals surface area (Å²) in [6.45, 7) is 6.46. The van der Waals surface area contributed by atoms with Gasteiger partial charge in [-0.15, -0.1) is 0 Å². The number of esters is 1. The number of amides is 1. The fourth-order valence-corrected chi connectivity index (χ4v) is 8.46. The zero-order valence-electron chi connectivity index (χ0n) is 42.2. The van der Waals surface area contributed by atoms with Crippen molar-refractivity contribution in [3.8, 4) is 0 Å². The van der Waals surface area contributed by atoms with Crippen LogP contribution >= 0.6 is 0 Å². The molecule has 0 aliphatic heterocycles. The van der Waals surface area contributed by atoms with Gasteiger partial charge in [-0.3, -0.25) is 9.59 Å². The maximum atomic E-state index is 13.2. The van der Waals surface area contributed by atoms with Crippen LogP contribution in [0, 0.1) is 0 Å². The van der Waals surface area contributed by atoms with Crippen LogP contribution in [0.4, 0.5) is 0 Å². The first-order valence-electron chi connectivity index (χ1n) is 27.7. The minimum Gasteiger partial charge on any atom is -0.462 e. The molecule has 3 unspecified atom stereocenters. The van der Waals surface area contributed by atoms with Crippen molar-refractivity contribution < 1.29 is 24.5 Å². The Bertz CT molecular complexity index is 1040. The molecule has 1 amide bonds. The first-order valence-corrected chi connectivity index (χ1v) is 27.7. The molecule has 0 aromatic heterocycles. The van der Waals surface area contributed by atoms with Gasteiger partial charge in [0.05, 0.1) is 25.2 Å².